The normalized spacial score (nSPS) is 12.4. The zero-order chi connectivity index (χ0) is 20.0. The smallest absolute Gasteiger partial charge is 0.260 e. The fraction of sp³-hybridized carbons (Fsp3) is 0.435. The summed E-state index contributed by atoms with van der Waals surface area (Å²) in [6.45, 7) is 13.2. The summed E-state index contributed by atoms with van der Waals surface area (Å²) in [5.41, 5.74) is 3.73. The lowest BCUT2D eigenvalue weighted by Gasteiger charge is -2.19. The molecule has 0 aliphatic heterocycles. The average molecular weight is 370 g/mol. The standard InChI is InChI=1S/C23H31NO3/c1-16-7-10-21(15-17(16)2)27-18(3)22(25)24-13-14-26-20-11-8-19(9-12-20)23(4,5)6/h7-12,15,18H,13-14H2,1-6H3,(H,24,25)/t18-/m1/s1. The van der Waals surface area contributed by atoms with Crippen molar-refractivity contribution in [2.75, 3.05) is 13.2 Å². The minimum absolute atomic E-state index is 0.124. The number of carbonyl (C=O) groups is 1. The molecule has 1 atom stereocenters. The second-order valence-corrected chi connectivity index (χ2v) is 7.92. The maximum atomic E-state index is 12.2. The van der Waals surface area contributed by atoms with Crippen molar-refractivity contribution >= 4 is 5.91 Å². The van der Waals surface area contributed by atoms with Gasteiger partial charge in [-0.05, 0) is 67.1 Å². The first kappa shape index (κ1) is 20.8. The van der Waals surface area contributed by atoms with Crippen LogP contribution in [0.3, 0.4) is 0 Å². The summed E-state index contributed by atoms with van der Waals surface area (Å²) in [5.74, 6) is 1.35. The summed E-state index contributed by atoms with van der Waals surface area (Å²) >= 11 is 0. The van der Waals surface area contributed by atoms with Gasteiger partial charge in [0.2, 0.25) is 0 Å². The predicted octanol–water partition coefficient (Wildman–Crippen LogP) is 4.56. The first-order valence-corrected chi connectivity index (χ1v) is 9.42. The number of hydrogen-bond donors (Lipinski definition) is 1. The van der Waals surface area contributed by atoms with Gasteiger partial charge in [0.15, 0.2) is 6.10 Å². The highest BCUT2D eigenvalue weighted by Gasteiger charge is 2.15. The Morgan fingerprint density at radius 2 is 1.63 bits per heavy atom. The van der Waals surface area contributed by atoms with Crippen molar-refractivity contribution in [3.8, 4) is 11.5 Å². The van der Waals surface area contributed by atoms with Crippen molar-refractivity contribution in [3.63, 3.8) is 0 Å². The molecule has 0 unspecified atom stereocenters. The van der Waals surface area contributed by atoms with Gasteiger partial charge in [0.1, 0.15) is 18.1 Å². The topological polar surface area (TPSA) is 47.6 Å². The third kappa shape index (κ3) is 6.31. The van der Waals surface area contributed by atoms with E-state index in [-0.39, 0.29) is 11.3 Å². The van der Waals surface area contributed by atoms with E-state index in [1.165, 1.54) is 11.1 Å². The van der Waals surface area contributed by atoms with Crippen molar-refractivity contribution in [3.05, 3.63) is 59.2 Å². The summed E-state index contributed by atoms with van der Waals surface area (Å²) < 4.78 is 11.4. The molecule has 0 heterocycles. The van der Waals surface area contributed by atoms with Crippen molar-refractivity contribution in [2.45, 2.75) is 53.1 Å². The molecule has 0 saturated carbocycles. The molecule has 0 saturated heterocycles. The molecule has 0 spiro atoms. The predicted molar refractivity (Wildman–Crippen MR) is 110 cm³/mol. The van der Waals surface area contributed by atoms with Crippen LogP contribution in [0.2, 0.25) is 0 Å². The van der Waals surface area contributed by atoms with Gasteiger partial charge in [-0.3, -0.25) is 4.79 Å². The highest BCUT2D eigenvalue weighted by atomic mass is 16.5. The van der Waals surface area contributed by atoms with Crippen LogP contribution in [0.1, 0.15) is 44.4 Å². The van der Waals surface area contributed by atoms with Crippen LogP contribution in [0, 0.1) is 13.8 Å². The SMILES string of the molecule is Cc1ccc(O[C@H](C)C(=O)NCCOc2ccc(C(C)(C)C)cc2)cc1C. The Hall–Kier alpha value is -2.49. The Labute approximate surface area is 162 Å². The van der Waals surface area contributed by atoms with Gasteiger partial charge in [-0.1, -0.05) is 39.0 Å². The number of carbonyl (C=O) groups excluding carboxylic acids is 1. The number of rotatable bonds is 7. The second kappa shape index (κ2) is 8.94. The van der Waals surface area contributed by atoms with Crippen molar-refractivity contribution in [1.29, 1.82) is 0 Å². The number of benzene rings is 2. The minimum Gasteiger partial charge on any atom is -0.492 e. The van der Waals surface area contributed by atoms with Crippen LogP contribution in [0.4, 0.5) is 0 Å². The van der Waals surface area contributed by atoms with Crippen molar-refractivity contribution in [2.24, 2.45) is 0 Å². The van der Waals surface area contributed by atoms with Gasteiger partial charge in [-0.2, -0.15) is 0 Å². The molecule has 27 heavy (non-hydrogen) atoms. The molecule has 0 fully saturated rings. The largest absolute Gasteiger partial charge is 0.492 e. The lowest BCUT2D eigenvalue weighted by molar-refractivity contribution is -0.127. The molecule has 0 aliphatic carbocycles. The highest BCUT2D eigenvalue weighted by molar-refractivity contribution is 5.80. The fourth-order valence-electron chi connectivity index (χ4n) is 2.58. The monoisotopic (exact) mass is 369 g/mol. The quantitative estimate of drug-likeness (QED) is 0.728. The van der Waals surface area contributed by atoms with Crippen LogP contribution < -0.4 is 14.8 Å². The Morgan fingerprint density at radius 1 is 1.00 bits per heavy atom. The van der Waals surface area contributed by atoms with Gasteiger partial charge in [0.25, 0.3) is 5.91 Å². The minimum atomic E-state index is -0.557. The Morgan fingerprint density at radius 3 is 2.22 bits per heavy atom. The van der Waals surface area contributed by atoms with E-state index >= 15 is 0 Å². The molecule has 2 aromatic carbocycles. The van der Waals surface area contributed by atoms with Gasteiger partial charge in [-0.25, -0.2) is 0 Å². The summed E-state index contributed by atoms with van der Waals surface area (Å²) in [6.07, 6.45) is -0.557. The van der Waals surface area contributed by atoms with Crippen molar-refractivity contribution in [1.82, 2.24) is 5.32 Å². The van der Waals surface area contributed by atoms with E-state index in [0.29, 0.717) is 18.9 Å². The van der Waals surface area contributed by atoms with E-state index in [2.05, 4.69) is 38.2 Å². The van der Waals surface area contributed by atoms with Gasteiger partial charge < -0.3 is 14.8 Å². The summed E-state index contributed by atoms with van der Waals surface area (Å²) in [6, 6.07) is 13.9. The first-order chi connectivity index (χ1) is 12.7. The van der Waals surface area contributed by atoms with E-state index in [1.54, 1.807) is 6.92 Å². The molecule has 0 aromatic heterocycles. The Bertz CT molecular complexity index is 760. The van der Waals surface area contributed by atoms with E-state index in [4.69, 9.17) is 9.47 Å². The van der Waals surface area contributed by atoms with Crippen LogP contribution in [0.5, 0.6) is 11.5 Å². The lowest BCUT2D eigenvalue weighted by atomic mass is 9.87. The number of amides is 1. The van der Waals surface area contributed by atoms with Crippen LogP contribution >= 0.6 is 0 Å². The van der Waals surface area contributed by atoms with Crippen LogP contribution in [-0.2, 0) is 10.2 Å². The maximum absolute atomic E-state index is 12.2. The lowest BCUT2D eigenvalue weighted by Crippen LogP contribution is -2.38. The van der Waals surface area contributed by atoms with Gasteiger partial charge in [0, 0.05) is 0 Å². The zero-order valence-electron chi connectivity index (χ0n) is 17.3. The molecule has 0 bridgehead atoms. The number of hydrogen-bond acceptors (Lipinski definition) is 3. The Balaban J connectivity index is 1.74. The van der Waals surface area contributed by atoms with Crippen molar-refractivity contribution < 1.29 is 14.3 Å². The van der Waals surface area contributed by atoms with E-state index in [9.17, 15) is 4.79 Å². The molecule has 2 aromatic rings. The molecule has 0 radical (unpaired) electrons. The molecule has 0 aliphatic rings. The van der Waals surface area contributed by atoms with Crippen LogP contribution in [0.15, 0.2) is 42.5 Å². The third-order valence-corrected chi connectivity index (χ3v) is 4.55. The third-order valence-electron chi connectivity index (χ3n) is 4.55. The molecular weight excluding hydrogens is 338 g/mol. The summed E-state index contributed by atoms with van der Waals surface area (Å²) in [5, 5.41) is 2.85. The molecule has 4 nitrogen and oxygen atoms in total. The van der Waals surface area contributed by atoms with Crippen LogP contribution in [-0.4, -0.2) is 25.2 Å². The Kier molecular flexibility index (Phi) is 6.89. The molecule has 1 amide bonds. The molecule has 4 heteroatoms. The number of aryl methyl sites for hydroxylation is 2. The molecule has 146 valence electrons. The maximum Gasteiger partial charge on any atom is 0.260 e. The number of ether oxygens (including phenoxy) is 2. The highest BCUT2D eigenvalue weighted by Crippen LogP contribution is 2.24. The van der Waals surface area contributed by atoms with Gasteiger partial charge in [0.05, 0.1) is 6.54 Å². The zero-order valence-corrected chi connectivity index (χ0v) is 17.3. The van der Waals surface area contributed by atoms with Gasteiger partial charge >= 0.3 is 0 Å². The molecule has 1 N–H and O–H groups in total. The second-order valence-electron chi connectivity index (χ2n) is 7.92. The average Bonchev–Trinajstić information content (AvgIpc) is 2.61. The van der Waals surface area contributed by atoms with E-state index in [1.807, 2.05) is 44.2 Å². The summed E-state index contributed by atoms with van der Waals surface area (Å²) in [7, 11) is 0. The van der Waals surface area contributed by atoms with E-state index < -0.39 is 6.10 Å². The van der Waals surface area contributed by atoms with Gasteiger partial charge in [-0.15, -0.1) is 0 Å². The summed E-state index contributed by atoms with van der Waals surface area (Å²) in [4.78, 5) is 12.2. The fourth-order valence-corrected chi connectivity index (χ4v) is 2.58. The molecular formula is C23H31NO3. The van der Waals surface area contributed by atoms with E-state index in [0.717, 1.165) is 11.3 Å². The van der Waals surface area contributed by atoms with Crippen LogP contribution in [0.25, 0.3) is 0 Å². The number of nitrogens with one attached hydrogen (secondary N) is 1. The first-order valence-electron chi connectivity index (χ1n) is 9.42. The molecule has 2 rings (SSSR count).